The lowest BCUT2D eigenvalue weighted by Gasteiger charge is -2.31. The van der Waals surface area contributed by atoms with Crippen LogP contribution in [0.25, 0.3) is 0 Å². The van der Waals surface area contributed by atoms with Gasteiger partial charge in [-0.2, -0.15) is 0 Å². The van der Waals surface area contributed by atoms with Crippen LogP contribution in [0.2, 0.25) is 0 Å². The van der Waals surface area contributed by atoms with E-state index in [-0.39, 0.29) is 0 Å². The van der Waals surface area contributed by atoms with E-state index < -0.39 is 0 Å². The maximum absolute atomic E-state index is 5.74. The second-order valence-corrected chi connectivity index (χ2v) is 4.29. The third kappa shape index (κ3) is 2.33. The van der Waals surface area contributed by atoms with Crippen LogP contribution in [0.3, 0.4) is 0 Å². The molecule has 0 radical (unpaired) electrons. The summed E-state index contributed by atoms with van der Waals surface area (Å²) in [7, 11) is 0. The summed E-state index contributed by atoms with van der Waals surface area (Å²) in [5.74, 6) is 1.49. The van der Waals surface area contributed by atoms with E-state index in [0.29, 0.717) is 12.5 Å². The SMILES string of the molecule is CC(CN)c1cccnc1N1CCNCC1. The van der Waals surface area contributed by atoms with Crippen LogP contribution in [0.4, 0.5) is 5.82 Å². The van der Waals surface area contributed by atoms with Crippen molar-refractivity contribution in [2.75, 3.05) is 37.6 Å². The van der Waals surface area contributed by atoms with Crippen molar-refractivity contribution in [1.29, 1.82) is 0 Å². The predicted molar refractivity (Wildman–Crippen MR) is 66.8 cm³/mol. The fourth-order valence-electron chi connectivity index (χ4n) is 2.06. The summed E-state index contributed by atoms with van der Waals surface area (Å²) >= 11 is 0. The van der Waals surface area contributed by atoms with Crippen molar-refractivity contribution in [3.63, 3.8) is 0 Å². The fourth-order valence-corrected chi connectivity index (χ4v) is 2.06. The van der Waals surface area contributed by atoms with Crippen molar-refractivity contribution in [3.05, 3.63) is 23.9 Å². The van der Waals surface area contributed by atoms with Gasteiger partial charge < -0.3 is 16.0 Å². The lowest BCUT2D eigenvalue weighted by molar-refractivity contribution is 0.581. The summed E-state index contributed by atoms with van der Waals surface area (Å²) < 4.78 is 0. The standard InChI is InChI=1S/C12H20N4/c1-10(9-13)11-3-2-4-15-12(11)16-7-5-14-6-8-16/h2-4,10,14H,5-9,13H2,1H3. The number of pyridine rings is 1. The smallest absolute Gasteiger partial charge is 0.132 e. The topological polar surface area (TPSA) is 54.2 Å². The second kappa shape index (κ2) is 5.27. The number of aromatic nitrogens is 1. The van der Waals surface area contributed by atoms with E-state index >= 15 is 0 Å². The van der Waals surface area contributed by atoms with Crippen LogP contribution in [0.1, 0.15) is 18.4 Å². The van der Waals surface area contributed by atoms with Crippen LogP contribution < -0.4 is 16.0 Å². The van der Waals surface area contributed by atoms with Crippen LogP contribution in [0.15, 0.2) is 18.3 Å². The fraction of sp³-hybridized carbons (Fsp3) is 0.583. The number of nitrogens with zero attached hydrogens (tertiary/aromatic N) is 2. The van der Waals surface area contributed by atoms with Crippen molar-refractivity contribution in [3.8, 4) is 0 Å². The predicted octanol–water partition coefficient (Wildman–Crippen LogP) is 0.553. The Morgan fingerprint density at radius 2 is 2.25 bits per heavy atom. The molecule has 1 aromatic rings. The molecular formula is C12H20N4. The molecule has 0 saturated carbocycles. The van der Waals surface area contributed by atoms with Crippen LogP contribution in [0, 0.1) is 0 Å². The molecule has 1 aliphatic rings. The summed E-state index contributed by atoms with van der Waals surface area (Å²) in [5, 5.41) is 3.35. The van der Waals surface area contributed by atoms with Gasteiger partial charge in [0.2, 0.25) is 0 Å². The monoisotopic (exact) mass is 220 g/mol. The molecule has 0 amide bonds. The molecule has 0 bridgehead atoms. The number of hydrogen-bond acceptors (Lipinski definition) is 4. The molecule has 88 valence electrons. The zero-order valence-corrected chi connectivity index (χ0v) is 9.82. The number of hydrogen-bond donors (Lipinski definition) is 2. The highest BCUT2D eigenvalue weighted by atomic mass is 15.2. The zero-order chi connectivity index (χ0) is 11.4. The first kappa shape index (κ1) is 11.4. The Morgan fingerprint density at radius 3 is 2.94 bits per heavy atom. The van der Waals surface area contributed by atoms with Crippen LogP contribution in [0.5, 0.6) is 0 Å². The minimum absolute atomic E-state index is 0.374. The van der Waals surface area contributed by atoms with Crippen molar-refractivity contribution in [2.45, 2.75) is 12.8 Å². The van der Waals surface area contributed by atoms with Crippen molar-refractivity contribution in [2.24, 2.45) is 5.73 Å². The van der Waals surface area contributed by atoms with E-state index in [9.17, 15) is 0 Å². The molecule has 1 aliphatic heterocycles. The van der Waals surface area contributed by atoms with Gasteiger partial charge in [-0.05, 0) is 24.1 Å². The minimum atomic E-state index is 0.374. The van der Waals surface area contributed by atoms with E-state index in [2.05, 4.69) is 28.2 Å². The molecule has 2 rings (SSSR count). The van der Waals surface area contributed by atoms with Crippen molar-refractivity contribution < 1.29 is 0 Å². The molecule has 1 saturated heterocycles. The molecule has 1 unspecified atom stereocenters. The van der Waals surface area contributed by atoms with Gasteiger partial charge in [0.1, 0.15) is 5.82 Å². The largest absolute Gasteiger partial charge is 0.354 e. The summed E-state index contributed by atoms with van der Waals surface area (Å²) in [6.07, 6.45) is 1.87. The first-order valence-corrected chi connectivity index (χ1v) is 5.93. The molecule has 2 heterocycles. The molecule has 3 N–H and O–H groups in total. The van der Waals surface area contributed by atoms with Gasteiger partial charge in [-0.25, -0.2) is 4.98 Å². The van der Waals surface area contributed by atoms with Gasteiger partial charge in [0.05, 0.1) is 0 Å². The van der Waals surface area contributed by atoms with Crippen molar-refractivity contribution in [1.82, 2.24) is 10.3 Å². The molecule has 0 aliphatic carbocycles. The maximum Gasteiger partial charge on any atom is 0.132 e. The lowest BCUT2D eigenvalue weighted by atomic mass is 10.0. The Hall–Kier alpha value is -1.13. The second-order valence-electron chi connectivity index (χ2n) is 4.29. The Bertz CT molecular complexity index is 334. The molecule has 16 heavy (non-hydrogen) atoms. The third-order valence-electron chi connectivity index (χ3n) is 3.12. The number of piperazine rings is 1. The average Bonchev–Trinajstić information content (AvgIpc) is 2.39. The van der Waals surface area contributed by atoms with Gasteiger partial charge in [0, 0.05) is 32.4 Å². The lowest BCUT2D eigenvalue weighted by Crippen LogP contribution is -2.44. The molecule has 1 aromatic heterocycles. The van der Waals surface area contributed by atoms with E-state index in [0.717, 1.165) is 32.0 Å². The highest BCUT2D eigenvalue weighted by Gasteiger charge is 2.17. The average molecular weight is 220 g/mol. The van der Waals surface area contributed by atoms with Gasteiger partial charge in [0.15, 0.2) is 0 Å². The summed E-state index contributed by atoms with van der Waals surface area (Å²) in [5.41, 5.74) is 7.01. The quantitative estimate of drug-likeness (QED) is 0.781. The first-order valence-electron chi connectivity index (χ1n) is 5.93. The van der Waals surface area contributed by atoms with Crippen LogP contribution >= 0.6 is 0 Å². The summed E-state index contributed by atoms with van der Waals surface area (Å²) in [4.78, 5) is 6.86. The number of nitrogens with one attached hydrogen (secondary N) is 1. The molecule has 0 aromatic carbocycles. The first-order chi connectivity index (χ1) is 7.83. The van der Waals surface area contributed by atoms with Gasteiger partial charge in [-0.15, -0.1) is 0 Å². The maximum atomic E-state index is 5.74. The highest BCUT2D eigenvalue weighted by molar-refractivity contribution is 5.49. The summed E-state index contributed by atoms with van der Waals surface area (Å²) in [6, 6.07) is 4.13. The third-order valence-corrected chi connectivity index (χ3v) is 3.12. The summed E-state index contributed by atoms with van der Waals surface area (Å²) in [6.45, 7) is 6.95. The van der Waals surface area contributed by atoms with E-state index in [1.54, 1.807) is 0 Å². The van der Waals surface area contributed by atoms with E-state index in [1.165, 1.54) is 5.56 Å². The minimum Gasteiger partial charge on any atom is -0.354 e. The van der Waals surface area contributed by atoms with Crippen molar-refractivity contribution >= 4 is 5.82 Å². The normalized spacial score (nSPS) is 18.5. The Labute approximate surface area is 96.8 Å². The Kier molecular flexibility index (Phi) is 3.74. The van der Waals surface area contributed by atoms with Gasteiger partial charge in [-0.1, -0.05) is 13.0 Å². The van der Waals surface area contributed by atoms with E-state index in [1.807, 2.05) is 12.3 Å². The number of anilines is 1. The molecule has 0 spiro atoms. The van der Waals surface area contributed by atoms with Crippen LogP contribution in [-0.2, 0) is 0 Å². The highest BCUT2D eigenvalue weighted by Crippen LogP contribution is 2.24. The van der Waals surface area contributed by atoms with Crippen LogP contribution in [-0.4, -0.2) is 37.7 Å². The van der Waals surface area contributed by atoms with Gasteiger partial charge in [0.25, 0.3) is 0 Å². The molecule has 4 heteroatoms. The number of nitrogens with two attached hydrogens (primary N) is 1. The molecular weight excluding hydrogens is 200 g/mol. The van der Waals surface area contributed by atoms with Gasteiger partial charge >= 0.3 is 0 Å². The van der Waals surface area contributed by atoms with Gasteiger partial charge in [-0.3, -0.25) is 0 Å². The molecule has 4 nitrogen and oxygen atoms in total. The Balaban J connectivity index is 2.24. The zero-order valence-electron chi connectivity index (χ0n) is 9.82. The Morgan fingerprint density at radius 1 is 1.50 bits per heavy atom. The van der Waals surface area contributed by atoms with E-state index in [4.69, 9.17) is 5.73 Å². The molecule has 1 fully saturated rings. The molecule has 1 atom stereocenters. The number of rotatable bonds is 3.